The number of aryl methyl sites for hydroxylation is 2. The zero-order valence-electron chi connectivity index (χ0n) is 19.1. The summed E-state index contributed by atoms with van der Waals surface area (Å²) in [6, 6.07) is 27.6. The molecule has 2 aromatic carbocycles. The molecule has 0 bridgehead atoms. The van der Waals surface area contributed by atoms with Crippen LogP contribution in [0.5, 0.6) is 0 Å². The first kappa shape index (κ1) is 21.4. The topological polar surface area (TPSA) is 40.9 Å². The summed E-state index contributed by atoms with van der Waals surface area (Å²) in [5.41, 5.74) is 5.68. The lowest BCUT2D eigenvalue weighted by Crippen LogP contribution is -2.49. The highest BCUT2D eigenvalue weighted by molar-refractivity contribution is 5.76. The molecule has 5 nitrogen and oxygen atoms in total. The standard InChI is InChI=1S/C28H30N4O/c1-22-25(32-17-9-8-14-26(32)29-22)15-16-27(33)30-18-20-31(21-19-30)28(23-10-4-2-5-11-23)24-12-6-3-7-13-24/h2-14,17,28H,15-16,18-21H2,1H3. The van der Waals surface area contributed by atoms with Crippen molar-refractivity contribution in [3.8, 4) is 0 Å². The molecule has 0 spiro atoms. The van der Waals surface area contributed by atoms with Crippen molar-refractivity contribution >= 4 is 11.6 Å². The Labute approximate surface area is 195 Å². The van der Waals surface area contributed by atoms with E-state index in [4.69, 9.17) is 0 Å². The monoisotopic (exact) mass is 438 g/mol. The third-order valence-electron chi connectivity index (χ3n) is 6.67. The smallest absolute Gasteiger partial charge is 0.223 e. The molecule has 4 aromatic rings. The molecule has 168 valence electrons. The number of imidazole rings is 1. The maximum atomic E-state index is 13.0. The molecule has 3 heterocycles. The van der Waals surface area contributed by atoms with E-state index in [2.05, 4.69) is 74.9 Å². The van der Waals surface area contributed by atoms with E-state index < -0.39 is 0 Å². The van der Waals surface area contributed by atoms with Crippen LogP contribution in [-0.2, 0) is 11.2 Å². The molecule has 0 unspecified atom stereocenters. The van der Waals surface area contributed by atoms with Gasteiger partial charge in [0, 0.05) is 44.5 Å². The summed E-state index contributed by atoms with van der Waals surface area (Å²) in [6.45, 7) is 5.30. The van der Waals surface area contributed by atoms with E-state index in [1.165, 1.54) is 11.1 Å². The molecule has 1 fully saturated rings. The van der Waals surface area contributed by atoms with Gasteiger partial charge in [-0.15, -0.1) is 0 Å². The molecule has 1 aliphatic rings. The van der Waals surface area contributed by atoms with Crippen molar-refractivity contribution in [1.29, 1.82) is 0 Å². The number of benzene rings is 2. The second kappa shape index (κ2) is 9.59. The lowest BCUT2D eigenvalue weighted by Gasteiger charge is -2.40. The number of nitrogens with zero attached hydrogens (tertiary/aromatic N) is 4. The van der Waals surface area contributed by atoms with Gasteiger partial charge in [0.25, 0.3) is 0 Å². The third kappa shape index (κ3) is 4.55. The van der Waals surface area contributed by atoms with E-state index in [0.29, 0.717) is 12.8 Å². The van der Waals surface area contributed by atoms with E-state index in [9.17, 15) is 4.79 Å². The highest BCUT2D eigenvalue weighted by atomic mass is 16.2. The largest absolute Gasteiger partial charge is 0.340 e. The Morgan fingerprint density at radius 1 is 0.848 bits per heavy atom. The van der Waals surface area contributed by atoms with Crippen LogP contribution in [0.4, 0.5) is 0 Å². The maximum absolute atomic E-state index is 13.0. The Bertz CT molecular complexity index is 1170. The van der Waals surface area contributed by atoms with E-state index in [1.54, 1.807) is 0 Å². The molecule has 5 rings (SSSR count). The summed E-state index contributed by atoms with van der Waals surface area (Å²) in [4.78, 5) is 22.2. The number of piperazine rings is 1. The summed E-state index contributed by atoms with van der Waals surface area (Å²) >= 11 is 0. The first-order chi connectivity index (χ1) is 16.2. The second-order valence-electron chi connectivity index (χ2n) is 8.71. The number of hydrogen-bond donors (Lipinski definition) is 0. The van der Waals surface area contributed by atoms with Gasteiger partial charge in [0.05, 0.1) is 11.7 Å². The lowest BCUT2D eigenvalue weighted by atomic mass is 9.96. The van der Waals surface area contributed by atoms with E-state index in [0.717, 1.165) is 43.2 Å². The van der Waals surface area contributed by atoms with Crippen molar-refractivity contribution in [2.24, 2.45) is 0 Å². The van der Waals surface area contributed by atoms with Crippen molar-refractivity contribution in [1.82, 2.24) is 19.2 Å². The Hall–Kier alpha value is -3.44. The van der Waals surface area contributed by atoms with Crippen LogP contribution >= 0.6 is 0 Å². The number of carbonyl (C=O) groups excluding carboxylic acids is 1. The summed E-state index contributed by atoms with van der Waals surface area (Å²) in [7, 11) is 0. The minimum atomic E-state index is 0.213. The number of carbonyl (C=O) groups is 1. The van der Waals surface area contributed by atoms with Crippen molar-refractivity contribution in [3.63, 3.8) is 0 Å². The van der Waals surface area contributed by atoms with Gasteiger partial charge in [-0.05, 0) is 36.6 Å². The molecule has 1 saturated heterocycles. The molecular formula is C28H30N4O. The SMILES string of the molecule is Cc1nc2ccccn2c1CCC(=O)N1CCN(C(c2ccccc2)c2ccccc2)CC1. The lowest BCUT2D eigenvalue weighted by molar-refractivity contribution is -0.133. The van der Waals surface area contributed by atoms with Crippen LogP contribution in [0.1, 0.15) is 35.0 Å². The minimum absolute atomic E-state index is 0.213. The number of rotatable bonds is 6. The van der Waals surface area contributed by atoms with Gasteiger partial charge in [0.2, 0.25) is 5.91 Å². The summed E-state index contributed by atoms with van der Waals surface area (Å²) in [5.74, 6) is 0.232. The molecule has 0 saturated carbocycles. The van der Waals surface area contributed by atoms with Crippen LogP contribution in [-0.4, -0.2) is 51.3 Å². The molecule has 1 aliphatic heterocycles. The van der Waals surface area contributed by atoms with Crippen molar-refractivity contribution in [2.45, 2.75) is 25.8 Å². The number of hydrogen-bond acceptors (Lipinski definition) is 3. The van der Waals surface area contributed by atoms with Gasteiger partial charge in [0.1, 0.15) is 5.65 Å². The predicted octanol–water partition coefficient (Wildman–Crippen LogP) is 4.51. The van der Waals surface area contributed by atoms with E-state index in [-0.39, 0.29) is 11.9 Å². The van der Waals surface area contributed by atoms with E-state index >= 15 is 0 Å². The maximum Gasteiger partial charge on any atom is 0.223 e. The Morgan fingerprint density at radius 2 is 1.45 bits per heavy atom. The van der Waals surface area contributed by atoms with E-state index in [1.807, 2.05) is 36.2 Å². The quantitative estimate of drug-likeness (QED) is 0.445. The van der Waals surface area contributed by atoms with Gasteiger partial charge in [-0.2, -0.15) is 0 Å². The first-order valence-electron chi connectivity index (χ1n) is 11.7. The normalized spacial score (nSPS) is 14.8. The average Bonchev–Trinajstić information content (AvgIpc) is 3.19. The predicted molar refractivity (Wildman–Crippen MR) is 131 cm³/mol. The van der Waals surface area contributed by atoms with Crippen LogP contribution in [0.25, 0.3) is 5.65 Å². The fourth-order valence-electron chi connectivity index (χ4n) is 4.96. The molecule has 0 radical (unpaired) electrons. The number of amides is 1. The molecular weight excluding hydrogens is 408 g/mol. The molecule has 0 N–H and O–H groups in total. The average molecular weight is 439 g/mol. The van der Waals surface area contributed by atoms with Crippen LogP contribution in [0.3, 0.4) is 0 Å². The van der Waals surface area contributed by atoms with Gasteiger partial charge < -0.3 is 9.30 Å². The summed E-state index contributed by atoms with van der Waals surface area (Å²) in [6.07, 6.45) is 3.26. The van der Waals surface area contributed by atoms with Gasteiger partial charge >= 0.3 is 0 Å². The fraction of sp³-hybridized carbons (Fsp3) is 0.286. The number of pyridine rings is 1. The molecule has 33 heavy (non-hydrogen) atoms. The second-order valence-corrected chi connectivity index (χ2v) is 8.71. The van der Waals surface area contributed by atoms with Gasteiger partial charge in [-0.25, -0.2) is 4.98 Å². The fourth-order valence-corrected chi connectivity index (χ4v) is 4.96. The van der Waals surface area contributed by atoms with Crippen LogP contribution in [0.2, 0.25) is 0 Å². The highest BCUT2D eigenvalue weighted by Gasteiger charge is 2.28. The summed E-state index contributed by atoms with van der Waals surface area (Å²) < 4.78 is 2.10. The molecule has 5 heteroatoms. The van der Waals surface area contributed by atoms with Gasteiger partial charge in [0.15, 0.2) is 0 Å². The Morgan fingerprint density at radius 3 is 2.09 bits per heavy atom. The van der Waals surface area contributed by atoms with Crippen molar-refractivity contribution < 1.29 is 4.79 Å². The minimum Gasteiger partial charge on any atom is -0.340 e. The number of aromatic nitrogens is 2. The van der Waals surface area contributed by atoms with Crippen LogP contribution in [0, 0.1) is 6.92 Å². The van der Waals surface area contributed by atoms with Crippen molar-refractivity contribution in [3.05, 3.63) is 108 Å². The van der Waals surface area contributed by atoms with Crippen LogP contribution in [0.15, 0.2) is 85.1 Å². The van der Waals surface area contributed by atoms with Gasteiger partial charge in [-0.1, -0.05) is 66.7 Å². The first-order valence-corrected chi connectivity index (χ1v) is 11.7. The molecule has 0 atom stereocenters. The zero-order chi connectivity index (χ0) is 22.6. The summed E-state index contributed by atoms with van der Waals surface area (Å²) in [5, 5.41) is 0. The van der Waals surface area contributed by atoms with Crippen molar-refractivity contribution in [2.75, 3.05) is 26.2 Å². The molecule has 1 amide bonds. The molecule has 2 aromatic heterocycles. The number of fused-ring (bicyclic) bond motifs is 1. The molecule has 0 aliphatic carbocycles. The Kier molecular flexibility index (Phi) is 6.22. The van der Waals surface area contributed by atoms with Gasteiger partial charge in [-0.3, -0.25) is 9.69 Å². The Balaban J connectivity index is 1.24. The highest BCUT2D eigenvalue weighted by Crippen LogP contribution is 2.29. The van der Waals surface area contributed by atoms with Crippen LogP contribution < -0.4 is 0 Å². The zero-order valence-corrected chi connectivity index (χ0v) is 19.1. The third-order valence-corrected chi connectivity index (χ3v) is 6.67.